The molecule has 0 bridgehead atoms. The fraction of sp³-hybridized carbons (Fsp3) is 0.125. The molecule has 0 aliphatic carbocycles. The molecule has 20 heavy (non-hydrogen) atoms. The summed E-state index contributed by atoms with van der Waals surface area (Å²) in [6.45, 7) is 2.74. The van der Waals surface area contributed by atoms with Gasteiger partial charge in [0.2, 0.25) is 0 Å². The molecule has 0 heterocycles. The van der Waals surface area contributed by atoms with Crippen molar-refractivity contribution in [1.82, 2.24) is 0 Å². The van der Waals surface area contributed by atoms with E-state index in [9.17, 15) is 0 Å². The fourth-order valence-corrected chi connectivity index (χ4v) is 1.92. The first-order chi connectivity index (χ1) is 9.56. The standard InChI is InChI=1S/C16H20N4/c1-11-4-5-14(18)10-16(11)20-8-2-3-12-9-13(17)6-7-15(12)19/h2-7,9-10,20H,8,17-19H2,1H3/b3-2+. The highest BCUT2D eigenvalue weighted by Gasteiger charge is 1.97. The van der Waals surface area contributed by atoms with Gasteiger partial charge in [0.15, 0.2) is 0 Å². The number of benzene rings is 2. The van der Waals surface area contributed by atoms with Gasteiger partial charge in [0.1, 0.15) is 0 Å². The lowest BCUT2D eigenvalue weighted by Gasteiger charge is -2.08. The highest BCUT2D eigenvalue weighted by molar-refractivity contribution is 5.69. The molecule has 0 saturated carbocycles. The summed E-state index contributed by atoms with van der Waals surface area (Å²) in [5.74, 6) is 0. The topological polar surface area (TPSA) is 90.1 Å². The van der Waals surface area contributed by atoms with Crippen LogP contribution in [0.15, 0.2) is 42.5 Å². The summed E-state index contributed by atoms with van der Waals surface area (Å²) in [4.78, 5) is 0. The van der Waals surface area contributed by atoms with Gasteiger partial charge in [-0.25, -0.2) is 0 Å². The van der Waals surface area contributed by atoms with Gasteiger partial charge in [0.25, 0.3) is 0 Å². The molecule has 2 aromatic rings. The lowest BCUT2D eigenvalue weighted by atomic mass is 10.1. The number of rotatable bonds is 4. The maximum absolute atomic E-state index is 5.88. The van der Waals surface area contributed by atoms with E-state index in [1.54, 1.807) is 6.07 Å². The van der Waals surface area contributed by atoms with E-state index in [0.29, 0.717) is 12.2 Å². The van der Waals surface area contributed by atoms with E-state index in [2.05, 4.69) is 5.32 Å². The molecule has 0 saturated heterocycles. The number of hydrogen-bond acceptors (Lipinski definition) is 4. The van der Waals surface area contributed by atoms with Crippen LogP contribution in [0.5, 0.6) is 0 Å². The van der Waals surface area contributed by atoms with Gasteiger partial charge < -0.3 is 22.5 Å². The van der Waals surface area contributed by atoms with Crippen LogP contribution in [0.25, 0.3) is 6.08 Å². The predicted molar refractivity (Wildman–Crippen MR) is 88.4 cm³/mol. The quantitative estimate of drug-likeness (QED) is 0.642. The molecule has 0 aliphatic heterocycles. The Bertz CT molecular complexity index is 632. The van der Waals surface area contributed by atoms with E-state index < -0.39 is 0 Å². The maximum atomic E-state index is 5.88. The van der Waals surface area contributed by atoms with Gasteiger partial charge in [-0.05, 0) is 48.4 Å². The molecule has 0 aliphatic rings. The van der Waals surface area contributed by atoms with Crippen LogP contribution in [0.3, 0.4) is 0 Å². The van der Waals surface area contributed by atoms with Gasteiger partial charge in [-0.3, -0.25) is 0 Å². The Balaban J connectivity index is 2.00. The zero-order valence-electron chi connectivity index (χ0n) is 11.6. The molecule has 2 rings (SSSR count). The van der Waals surface area contributed by atoms with Crippen molar-refractivity contribution in [3.63, 3.8) is 0 Å². The van der Waals surface area contributed by atoms with Crippen LogP contribution in [0.4, 0.5) is 22.7 Å². The Morgan fingerprint density at radius 2 is 1.70 bits per heavy atom. The van der Waals surface area contributed by atoms with Crippen LogP contribution < -0.4 is 22.5 Å². The summed E-state index contributed by atoms with van der Waals surface area (Å²) in [7, 11) is 0. The number of nitrogens with one attached hydrogen (secondary N) is 1. The third-order valence-electron chi connectivity index (χ3n) is 3.08. The molecule has 4 heteroatoms. The molecule has 2 aromatic carbocycles. The van der Waals surface area contributed by atoms with Crippen LogP contribution in [0, 0.1) is 6.92 Å². The van der Waals surface area contributed by atoms with Crippen molar-refractivity contribution in [2.45, 2.75) is 6.92 Å². The number of aryl methyl sites for hydroxylation is 1. The van der Waals surface area contributed by atoms with Gasteiger partial charge in [0, 0.05) is 29.3 Å². The molecule has 0 unspecified atom stereocenters. The second-order valence-corrected chi connectivity index (χ2v) is 4.75. The van der Waals surface area contributed by atoms with E-state index in [-0.39, 0.29) is 0 Å². The Labute approximate surface area is 119 Å². The Hall–Kier alpha value is -2.62. The average Bonchev–Trinajstić information content (AvgIpc) is 2.42. The van der Waals surface area contributed by atoms with Crippen molar-refractivity contribution >= 4 is 28.8 Å². The van der Waals surface area contributed by atoms with Crippen molar-refractivity contribution in [3.05, 3.63) is 53.6 Å². The Morgan fingerprint density at radius 3 is 2.50 bits per heavy atom. The second-order valence-electron chi connectivity index (χ2n) is 4.75. The number of anilines is 4. The SMILES string of the molecule is Cc1ccc(N)cc1NC/C=C/c1cc(N)ccc1N. The van der Waals surface area contributed by atoms with Crippen molar-refractivity contribution in [1.29, 1.82) is 0 Å². The van der Waals surface area contributed by atoms with Gasteiger partial charge in [-0.1, -0.05) is 18.2 Å². The summed E-state index contributed by atoms with van der Waals surface area (Å²) in [5, 5.41) is 3.32. The highest BCUT2D eigenvalue weighted by Crippen LogP contribution is 2.19. The molecule has 4 nitrogen and oxygen atoms in total. The zero-order chi connectivity index (χ0) is 14.5. The molecule has 0 atom stereocenters. The first-order valence-corrected chi connectivity index (χ1v) is 6.48. The minimum Gasteiger partial charge on any atom is -0.399 e. The molecule has 0 spiro atoms. The maximum Gasteiger partial charge on any atom is 0.0392 e. The predicted octanol–water partition coefficient (Wildman–Crippen LogP) is 2.87. The van der Waals surface area contributed by atoms with Crippen molar-refractivity contribution in [3.8, 4) is 0 Å². The van der Waals surface area contributed by atoms with E-state index in [1.807, 2.05) is 49.4 Å². The average molecular weight is 268 g/mol. The Morgan fingerprint density at radius 1 is 1.00 bits per heavy atom. The van der Waals surface area contributed by atoms with Gasteiger partial charge in [-0.15, -0.1) is 0 Å². The van der Waals surface area contributed by atoms with E-state index in [0.717, 1.165) is 28.2 Å². The van der Waals surface area contributed by atoms with Crippen molar-refractivity contribution in [2.75, 3.05) is 29.1 Å². The normalized spacial score (nSPS) is 10.8. The third kappa shape index (κ3) is 3.45. The first kappa shape index (κ1) is 13.8. The summed E-state index contributed by atoms with van der Waals surface area (Å²) >= 11 is 0. The Kier molecular flexibility index (Phi) is 4.15. The molecule has 0 aromatic heterocycles. The van der Waals surface area contributed by atoms with Crippen LogP contribution in [0.2, 0.25) is 0 Å². The minimum atomic E-state index is 0.693. The molecular formula is C16H20N4. The summed E-state index contributed by atoms with van der Waals surface area (Å²) < 4.78 is 0. The zero-order valence-corrected chi connectivity index (χ0v) is 11.6. The molecule has 104 valence electrons. The van der Waals surface area contributed by atoms with Crippen LogP contribution >= 0.6 is 0 Å². The van der Waals surface area contributed by atoms with Crippen LogP contribution in [0.1, 0.15) is 11.1 Å². The highest BCUT2D eigenvalue weighted by atomic mass is 14.9. The summed E-state index contributed by atoms with van der Waals surface area (Å²) in [6.07, 6.45) is 3.97. The minimum absolute atomic E-state index is 0.693. The van der Waals surface area contributed by atoms with Gasteiger partial charge in [-0.2, -0.15) is 0 Å². The lowest BCUT2D eigenvalue weighted by Crippen LogP contribution is -2.01. The van der Waals surface area contributed by atoms with Gasteiger partial charge >= 0.3 is 0 Å². The number of nitrogen functional groups attached to an aromatic ring is 3. The molecule has 7 N–H and O–H groups in total. The molecule has 0 radical (unpaired) electrons. The third-order valence-corrected chi connectivity index (χ3v) is 3.08. The molecule has 0 fully saturated rings. The van der Waals surface area contributed by atoms with E-state index in [1.165, 1.54) is 0 Å². The largest absolute Gasteiger partial charge is 0.399 e. The van der Waals surface area contributed by atoms with Crippen molar-refractivity contribution in [2.24, 2.45) is 0 Å². The number of nitrogens with two attached hydrogens (primary N) is 3. The smallest absolute Gasteiger partial charge is 0.0392 e. The summed E-state index contributed by atoms with van der Waals surface area (Å²) in [6, 6.07) is 11.3. The van der Waals surface area contributed by atoms with Crippen LogP contribution in [-0.4, -0.2) is 6.54 Å². The van der Waals surface area contributed by atoms with Crippen molar-refractivity contribution < 1.29 is 0 Å². The molecule has 0 amide bonds. The van der Waals surface area contributed by atoms with Crippen LogP contribution in [-0.2, 0) is 0 Å². The van der Waals surface area contributed by atoms with Gasteiger partial charge in [0.05, 0.1) is 0 Å². The second kappa shape index (κ2) is 6.02. The first-order valence-electron chi connectivity index (χ1n) is 6.48. The summed E-state index contributed by atoms with van der Waals surface area (Å²) in [5.41, 5.74) is 22.7. The fourth-order valence-electron chi connectivity index (χ4n) is 1.92. The van der Waals surface area contributed by atoms with E-state index in [4.69, 9.17) is 17.2 Å². The lowest BCUT2D eigenvalue weighted by molar-refractivity contribution is 1.31. The van der Waals surface area contributed by atoms with E-state index >= 15 is 0 Å². The number of hydrogen-bond donors (Lipinski definition) is 4. The monoisotopic (exact) mass is 268 g/mol. The molecular weight excluding hydrogens is 248 g/mol.